The van der Waals surface area contributed by atoms with Gasteiger partial charge < -0.3 is 15.7 Å². The maximum atomic E-state index is 12.0. The molecule has 0 aliphatic carbocycles. The van der Waals surface area contributed by atoms with Gasteiger partial charge in [0.05, 0.1) is 6.04 Å². The van der Waals surface area contributed by atoms with Gasteiger partial charge in [-0.1, -0.05) is 12.1 Å². The van der Waals surface area contributed by atoms with Gasteiger partial charge in [-0.15, -0.1) is 0 Å². The number of piperidine rings is 1. The van der Waals surface area contributed by atoms with E-state index in [1.165, 1.54) is 12.8 Å². The quantitative estimate of drug-likeness (QED) is 0.773. The molecular formula is C16H24N2O2. The van der Waals surface area contributed by atoms with E-state index in [0.717, 1.165) is 25.1 Å². The summed E-state index contributed by atoms with van der Waals surface area (Å²) < 4.78 is 0. The molecule has 1 aliphatic heterocycles. The highest BCUT2D eigenvalue weighted by molar-refractivity contribution is 5.76. The highest BCUT2D eigenvalue weighted by Crippen LogP contribution is 2.19. The summed E-state index contributed by atoms with van der Waals surface area (Å²) in [5, 5.41) is 15.8. The molecule has 1 amide bonds. The predicted octanol–water partition coefficient (Wildman–Crippen LogP) is 2.35. The normalized spacial score (nSPS) is 20.4. The molecule has 4 nitrogen and oxygen atoms in total. The summed E-state index contributed by atoms with van der Waals surface area (Å²) in [6.45, 7) is 4.08. The van der Waals surface area contributed by atoms with Crippen molar-refractivity contribution in [1.29, 1.82) is 0 Å². The molecule has 0 radical (unpaired) electrons. The van der Waals surface area contributed by atoms with E-state index < -0.39 is 0 Å². The smallest absolute Gasteiger partial charge is 0.220 e. The van der Waals surface area contributed by atoms with Crippen LogP contribution in [0, 0.1) is 5.92 Å². The minimum atomic E-state index is -0.0703. The van der Waals surface area contributed by atoms with E-state index in [0.29, 0.717) is 12.3 Å². The monoisotopic (exact) mass is 276 g/mol. The van der Waals surface area contributed by atoms with Crippen LogP contribution in [-0.2, 0) is 4.79 Å². The maximum Gasteiger partial charge on any atom is 0.220 e. The van der Waals surface area contributed by atoms with Gasteiger partial charge in [-0.25, -0.2) is 0 Å². The van der Waals surface area contributed by atoms with Crippen molar-refractivity contribution in [3.05, 3.63) is 29.8 Å². The first-order valence-electron chi connectivity index (χ1n) is 7.44. The Morgan fingerprint density at radius 3 is 3.10 bits per heavy atom. The highest BCUT2D eigenvalue weighted by Gasteiger charge is 2.15. The van der Waals surface area contributed by atoms with Crippen molar-refractivity contribution < 1.29 is 9.90 Å². The van der Waals surface area contributed by atoms with Crippen LogP contribution in [0.1, 0.15) is 44.2 Å². The average molecular weight is 276 g/mol. The van der Waals surface area contributed by atoms with Gasteiger partial charge >= 0.3 is 0 Å². The molecule has 2 atom stereocenters. The molecule has 4 heteroatoms. The Balaban J connectivity index is 1.76. The molecule has 1 fully saturated rings. The van der Waals surface area contributed by atoms with Crippen molar-refractivity contribution in [2.24, 2.45) is 5.92 Å². The molecule has 0 spiro atoms. The van der Waals surface area contributed by atoms with Crippen LogP contribution in [0.5, 0.6) is 5.75 Å². The fourth-order valence-electron chi connectivity index (χ4n) is 2.70. The standard InChI is InChI=1S/C16H24N2O2/c1-12(14-5-2-6-15(19)10-14)18-16(20)8-7-13-4-3-9-17-11-13/h2,5-6,10,12-13,17,19H,3-4,7-9,11H2,1H3,(H,18,20). The van der Waals surface area contributed by atoms with Gasteiger partial charge in [-0.2, -0.15) is 0 Å². The number of carbonyl (C=O) groups excluding carboxylic acids is 1. The molecule has 110 valence electrons. The molecule has 1 aliphatic rings. The number of rotatable bonds is 5. The van der Waals surface area contributed by atoms with Crippen molar-refractivity contribution in [3.63, 3.8) is 0 Å². The van der Waals surface area contributed by atoms with Gasteiger partial charge in [0.1, 0.15) is 5.75 Å². The van der Waals surface area contributed by atoms with Gasteiger partial charge in [0.2, 0.25) is 5.91 Å². The van der Waals surface area contributed by atoms with Crippen molar-refractivity contribution in [2.75, 3.05) is 13.1 Å². The maximum absolute atomic E-state index is 12.0. The topological polar surface area (TPSA) is 61.4 Å². The molecular weight excluding hydrogens is 252 g/mol. The SMILES string of the molecule is CC(NC(=O)CCC1CCCNC1)c1cccc(O)c1. The van der Waals surface area contributed by atoms with Crippen molar-refractivity contribution >= 4 is 5.91 Å². The molecule has 2 unspecified atom stereocenters. The fraction of sp³-hybridized carbons (Fsp3) is 0.562. The molecule has 1 heterocycles. The number of phenols is 1. The van der Waals surface area contributed by atoms with E-state index in [-0.39, 0.29) is 17.7 Å². The van der Waals surface area contributed by atoms with E-state index >= 15 is 0 Å². The van der Waals surface area contributed by atoms with Crippen LogP contribution in [0.25, 0.3) is 0 Å². The predicted molar refractivity (Wildman–Crippen MR) is 79.5 cm³/mol. The lowest BCUT2D eigenvalue weighted by Crippen LogP contribution is -2.31. The van der Waals surface area contributed by atoms with Crippen molar-refractivity contribution in [1.82, 2.24) is 10.6 Å². The Morgan fingerprint density at radius 2 is 2.40 bits per heavy atom. The lowest BCUT2D eigenvalue weighted by Gasteiger charge is -2.22. The Kier molecular flexibility index (Phi) is 5.41. The Bertz CT molecular complexity index is 442. The molecule has 0 bridgehead atoms. The van der Waals surface area contributed by atoms with Crippen LogP contribution >= 0.6 is 0 Å². The second-order valence-corrected chi connectivity index (χ2v) is 5.64. The zero-order valence-electron chi connectivity index (χ0n) is 12.1. The summed E-state index contributed by atoms with van der Waals surface area (Å²) in [4.78, 5) is 12.0. The molecule has 1 aromatic carbocycles. The van der Waals surface area contributed by atoms with Crippen LogP contribution in [0.3, 0.4) is 0 Å². The Morgan fingerprint density at radius 1 is 1.55 bits per heavy atom. The minimum Gasteiger partial charge on any atom is -0.508 e. The summed E-state index contributed by atoms with van der Waals surface area (Å²) in [6.07, 6.45) is 3.97. The second kappa shape index (κ2) is 7.29. The van der Waals surface area contributed by atoms with E-state index in [1.54, 1.807) is 18.2 Å². The average Bonchev–Trinajstić information content (AvgIpc) is 2.46. The first kappa shape index (κ1) is 14.9. The third-order valence-electron chi connectivity index (χ3n) is 3.93. The lowest BCUT2D eigenvalue weighted by atomic mass is 9.94. The Labute approximate surface area is 120 Å². The summed E-state index contributed by atoms with van der Waals surface area (Å²) in [5.74, 6) is 0.953. The fourth-order valence-corrected chi connectivity index (χ4v) is 2.70. The summed E-state index contributed by atoms with van der Waals surface area (Å²) in [5.41, 5.74) is 0.928. The summed E-state index contributed by atoms with van der Waals surface area (Å²) in [6, 6.07) is 6.96. The molecule has 3 N–H and O–H groups in total. The molecule has 0 saturated carbocycles. The number of benzene rings is 1. The molecule has 0 aromatic heterocycles. The highest BCUT2D eigenvalue weighted by atomic mass is 16.3. The van der Waals surface area contributed by atoms with Gasteiger partial charge in [0.15, 0.2) is 0 Å². The van der Waals surface area contributed by atoms with E-state index in [4.69, 9.17) is 0 Å². The zero-order chi connectivity index (χ0) is 14.4. The second-order valence-electron chi connectivity index (χ2n) is 5.64. The van der Waals surface area contributed by atoms with Crippen LogP contribution in [0.4, 0.5) is 0 Å². The van der Waals surface area contributed by atoms with Crippen LogP contribution in [0.15, 0.2) is 24.3 Å². The zero-order valence-corrected chi connectivity index (χ0v) is 12.1. The number of carbonyl (C=O) groups is 1. The third-order valence-corrected chi connectivity index (χ3v) is 3.93. The van der Waals surface area contributed by atoms with E-state index in [1.807, 2.05) is 13.0 Å². The number of phenolic OH excluding ortho intramolecular Hbond substituents is 1. The molecule has 2 rings (SSSR count). The largest absolute Gasteiger partial charge is 0.508 e. The Hall–Kier alpha value is -1.55. The van der Waals surface area contributed by atoms with Gasteiger partial charge in [-0.3, -0.25) is 4.79 Å². The molecule has 20 heavy (non-hydrogen) atoms. The van der Waals surface area contributed by atoms with Gasteiger partial charge in [0, 0.05) is 6.42 Å². The summed E-state index contributed by atoms with van der Waals surface area (Å²) in [7, 11) is 0. The van der Waals surface area contributed by atoms with Crippen molar-refractivity contribution in [2.45, 2.75) is 38.6 Å². The van der Waals surface area contributed by atoms with E-state index in [9.17, 15) is 9.90 Å². The first-order chi connectivity index (χ1) is 9.65. The van der Waals surface area contributed by atoms with Crippen LogP contribution in [0.2, 0.25) is 0 Å². The third kappa shape index (κ3) is 4.53. The minimum absolute atomic E-state index is 0.0703. The van der Waals surface area contributed by atoms with Crippen LogP contribution in [-0.4, -0.2) is 24.1 Å². The number of hydrogen-bond acceptors (Lipinski definition) is 3. The molecule has 1 saturated heterocycles. The summed E-state index contributed by atoms with van der Waals surface area (Å²) >= 11 is 0. The number of amides is 1. The van der Waals surface area contributed by atoms with Gasteiger partial charge in [0.25, 0.3) is 0 Å². The number of aromatic hydroxyl groups is 1. The van der Waals surface area contributed by atoms with Gasteiger partial charge in [-0.05, 0) is 62.9 Å². The number of nitrogens with one attached hydrogen (secondary N) is 2. The van der Waals surface area contributed by atoms with Crippen molar-refractivity contribution in [3.8, 4) is 5.75 Å². The number of hydrogen-bond donors (Lipinski definition) is 3. The molecule has 1 aromatic rings. The lowest BCUT2D eigenvalue weighted by molar-refractivity contribution is -0.122. The van der Waals surface area contributed by atoms with E-state index in [2.05, 4.69) is 10.6 Å². The first-order valence-corrected chi connectivity index (χ1v) is 7.44. The van der Waals surface area contributed by atoms with Crippen LogP contribution < -0.4 is 10.6 Å².